The number of alkyl halides is 1. The normalized spacial score (nSPS) is 14.0. The number of nitrogens with zero attached hydrogens (tertiary/aromatic N) is 1. The first-order valence-electron chi connectivity index (χ1n) is 7.83. The van der Waals surface area contributed by atoms with E-state index in [9.17, 15) is 4.79 Å². The van der Waals surface area contributed by atoms with E-state index in [0.717, 1.165) is 37.9 Å². The molecule has 0 unspecified atom stereocenters. The summed E-state index contributed by atoms with van der Waals surface area (Å²) in [6, 6.07) is 16.5. The summed E-state index contributed by atoms with van der Waals surface area (Å²) in [5, 5.41) is 0. The van der Waals surface area contributed by atoms with Crippen LogP contribution in [-0.4, -0.2) is 29.8 Å². The molecule has 2 aromatic rings. The van der Waals surface area contributed by atoms with Crippen molar-refractivity contribution in [1.82, 2.24) is 4.90 Å². The van der Waals surface area contributed by atoms with E-state index in [-0.39, 0.29) is 5.91 Å². The minimum atomic E-state index is 0.162. The largest absolute Gasteiger partial charge is 0.338 e. The molecule has 22 heavy (non-hydrogen) atoms. The third-order valence-electron chi connectivity index (χ3n) is 4.19. The lowest BCUT2D eigenvalue weighted by Crippen LogP contribution is -2.38. The van der Waals surface area contributed by atoms with Crippen molar-refractivity contribution in [2.24, 2.45) is 0 Å². The zero-order valence-electron chi connectivity index (χ0n) is 12.6. The van der Waals surface area contributed by atoms with Gasteiger partial charge in [0.05, 0.1) is 0 Å². The molecule has 0 saturated heterocycles. The first kappa shape index (κ1) is 15.1. The fourth-order valence-corrected chi connectivity index (χ4v) is 3.15. The number of rotatable bonds is 5. The molecular weight excluding hydrogens is 294 g/mol. The minimum Gasteiger partial charge on any atom is -0.338 e. The summed E-state index contributed by atoms with van der Waals surface area (Å²) in [6.45, 7) is 1.62. The molecule has 2 nitrogen and oxygen atoms in total. The zero-order valence-corrected chi connectivity index (χ0v) is 13.4. The van der Waals surface area contributed by atoms with Crippen molar-refractivity contribution in [2.75, 3.05) is 19.0 Å². The van der Waals surface area contributed by atoms with Gasteiger partial charge in [0.15, 0.2) is 0 Å². The number of carbonyl (C=O) groups excluding carboxylic acids is 1. The molecule has 0 saturated carbocycles. The van der Waals surface area contributed by atoms with Gasteiger partial charge < -0.3 is 4.90 Å². The molecule has 0 aliphatic carbocycles. The van der Waals surface area contributed by atoms with Crippen LogP contribution >= 0.6 is 11.6 Å². The summed E-state index contributed by atoms with van der Waals surface area (Å²) in [7, 11) is 0. The monoisotopic (exact) mass is 313 g/mol. The predicted molar refractivity (Wildman–Crippen MR) is 91.4 cm³/mol. The summed E-state index contributed by atoms with van der Waals surface area (Å²) >= 11 is 5.71. The van der Waals surface area contributed by atoms with Gasteiger partial charge in [0, 0.05) is 24.5 Å². The van der Waals surface area contributed by atoms with Crippen LogP contribution in [0.25, 0.3) is 11.1 Å². The Morgan fingerprint density at radius 3 is 2.59 bits per heavy atom. The standard InChI is InChI=1S/C19H20ClNO/c20-11-4-5-12-21-13-10-17-14-16(8-9-18(17)19(21)22)15-6-2-1-3-7-15/h1-3,6-9,14H,4-5,10-13H2. The van der Waals surface area contributed by atoms with Crippen LogP contribution in [0.5, 0.6) is 0 Å². The quantitative estimate of drug-likeness (QED) is 0.593. The number of halogens is 1. The second-order valence-electron chi connectivity index (χ2n) is 5.68. The second-order valence-corrected chi connectivity index (χ2v) is 6.05. The molecule has 0 fully saturated rings. The van der Waals surface area contributed by atoms with Crippen molar-refractivity contribution < 1.29 is 4.79 Å². The fraction of sp³-hybridized carbons (Fsp3) is 0.316. The van der Waals surface area contributed by atoms with Gasteiger partial charge in [-0.05, 0) is 42.0 Å². The van der Waals surface area contributed by atoms with Gasteiger partial charge in [0.25, 0.3) is 5.91 Å². The van der Waals surface area contributed by atoms with Gasteiger partial charge in [0.1, 0.15) is 0 Å². The lowest BCUT2D eigenvalue weighted by Gasteiger charge is -2.29. The summed E-state index contributed by atoms with van der Waals surface area (Å²) in [4.78, 5) is 14.5. The van der Waals surface area contributed by atoms with E-state index in [1.54, 1.807) is 0 Å². The molecule has 1 heterocycles. The van der Waals surface area contributed by atoms with Crippen molar-refractivity contribution in [1.29, 1.82) is 0 Å². The maximum atomic E-state index is 12.6. The number of carbonyl (C=O) groups is 1. The van der Waals surface area contributed by atoms with E-state index >= 15 is 0 Å². The van der Waals surface area contributed by atoms with Crippen molar-refractivity contribution >= 4 is 17.5 Å². The highest BCUT2D eigenvalue weighted by Gasteiger charge is 2.23. The number of amides is 1. The predicted octanol–water partition coefficient (Wildman–Crippen LogP) is 4.37. The Morgan fingerprint density at radius 2 is 1.82 bits per heavy atom. The Bertz CT molecular complexity index is 654. The lowest BCUT2D eigenvalue weighted by atomic mass is 9.94. The Labute approximate surface area is 136 Å². The van der Waals surface area contributed by atoms with Crippen LogP contribution in [-0.2, 0) is 6.42 Å². The van der Waals surface area contributed by atoms with Gasteiger partial charge in [-0.1, -0.05) is 42.5 Å². The zero-order chi connectivity index (χ0) is 15.4. The number of hydrogen-bond donors (Lipinski definition) is 0. The Hall–Kier alpha value is -1.80. The van der Waals surface area contributed by atoms with Gasteiger partial charge in [-0.2, -0.15) is 0 Å². The summed E-state index contributed by atoms with van der Waals surface area (Å²) < 4.78 is 0. The average molecular weight is 314 g/mol. The molecule has 0 spiro atoms. The molecule has 3 heteroatoms. The third-order valence-corrected chi connectivity index (χ3v) is 4.46. The summed E-state index contributed by atoms with van der Waals surface area (Å²) in [6.07, 6.45) is 2.88. The van der Waals surface area contributed by atoms with Crippen LogP contribution in [0.4, 0.5) is 0 Å². The van der Waals surface area contributed by atoms with E-state index in [1.807, 2.05) is 35.2 Å². The first-order chi connectivity index (χ1) is 10.8. The number of hydrogen-bond acceptors (Lipinski definition) is 1. The first-order valence-corrected chi connectivity index (χ1v) is 8.36. The molecule has 1 aliphatic rings. The van der Waals surface area contributed by atoms with Gasteiger partial charge in [-0.15, -0.1) is 11.6 Å². The summed E-state index contributed by atoms with van der Waals surface area (Å²) in [5.41, 5.74) is 4.40. The van der Waals surface area contributed by atoms with Crippen molar-refractivity contribution in [2.45, 2.75) is 19.3 Å². The van der Waals surface area contributed by atoms with Gasteiger partial charge in [0.2, 0.25) is 0 Å². The Balaban J connectivity index is 1.80. The third kappa shape index (κ3) is 3.17. The SMILES string of the molecule is O=C1c2ccc(-c3ccccc3)cc2CCN1CCCCCl. The minimum absolute atomic E-state index is 0.162. The van der Waals surface area contributed by atoms with Crippen LogP contribution in [0.3, 0.4) is 0 Å². The number of benzene rings is 2. The van der Waals surface area contributed by atoms with Crippen molar-refractivity contribution in [3.05, 3.63) is 59.7 Å². The van der Waals surface area contributed by atoms with Gasteiger partial charge in [-0.3, -0.25) is 4.79 Å². The van der Waals surface area contributed by atoms with E-state index < -0.39 is 0 Å². The molecule has 1 aliphatic heterocycles. The maximum Gasteiger partial charge on any atom is 0.254 e. The highest BCUT2D eigenvalue weighted by atomic mass is 35.5. The van der Waals surface area contributed by atoms with E-state index in [4.69, 9.17) is 11.6 Å². The van der Waals surface area contributed by atoms with E-state index in [1.165, 1.54) is 16.7 Å². The molecule has 3 rings (SSSR count). The molecule has 0 aromatic heterocycles. The molecule has 0 N–H and O–H groups in total. The molecule has 2 aromatic carbocycles. The van der Waals surface area contributed by atoms with Crippen molar-refractivity contribution in [3.63, 3.8) is 0 Å². The number of fused-ring (bicyclic) bond motifs is 1. The average Bonchev–Trinajstić information content (AvgIpc) is 2.57. The topological polar surface area (TPSA) is 20.3 Å². The smallest absolute Gasteiger partial charge is 0.254 e. The van der Waals surface area contributed by atoms with Crippen LogP contribution in [0, 0.1) is 0 Å². The second kappa shape index (κ2) is 6.97. The van der Waals surface area contributed by atoms with Crippen LogP contribution in [0.1, 0.15) is 28.8 Å². The van der Waals surface area contributed by atoms with Crippen molar-refractivity contribution in [3.8, 4) is 11.1 Å². The highest BCUT2D eigenvalue weighted by molar-refractivity contribution is 6.17. The van der Waals surface area contributed by atoms with E-state index in [2.05, 4.69) is 18.2 Å². The number of unbranched alkanes of at least 4 members (excludes halogenated alkanes) is 1. The molecule has 0 radical (unpaired) electrons. The molecule has 0 atom stereocenters. The lowest BCUT2D eigenvalue weighted by molar-refractivity contribution is 0.0737. The maximum absolute atomic E-state index is 12.6. The Kier molecular flexibility index (Phi) is 4.79. The fourth-order valence-electron chi connectivity index (χ4n) is 2.96. The Morgan fingerprint density at radius 1 is 1.00 bits per heavy atom. The van der Waals surface area contributed by atoms with Crippen LogP contribution < -0.4 is 0 Å². The molecule has 1 amide bonds. The van der Waals surface area contributed by atoms with Gasteiger partial charge in [-0.25, -0.2) is 0 Å². The van der Waals surface area contributed by atoms with Crippen LogP contribution in [0.15, 0.2) is 48.5 Å². The molecule has 114 valence electrons. The highest BCUT2D eigenvalue weighted by Crippen LogP contribution is 2.26. The molecule has 0 bridgehead atoms. The van der Waals surface area contributed by atoms with Gasteiger partial charge >= 0.3 is 0 Å². The summed E-state index contributed by atoms with van der Waals surface area (Å²) in [5.74, 6) is 0.828. The molecular formula is C19H20ClNO. The van der Waals surface area contributed by atoms with E-state index in [0.29, 0.717) is 5.88 Å². The van der Waals surface area contributed by atoms with Crippen LogP contribution in [0.2, 0.25) is 0 Å².